The molecule has 62 heavy (non-hydrogen) atoms. The molecule has 16 heteroatoms. The average molecular weight is 862 g/mol. The molecular formula is C46H63N5O11. The molecule has 6 N–H and O–H groups in total. The Bertz CT molecular complexity index is 1910. The normalized spacial score (nSPS) is 29.0. The number of hydrogen-bond acceptors (Lipinski definition) is 12. The van der Waals surface area contributed by atoms with Crippen molar-refractivity contribution in [3.63, 3.8) is 0 Å². The highest BCUT2D eigenvalue weighted by molar-refractivity contribution is 5.94. The lowest BCUT2D eigenvalue weighted by atomic mass is 9.84. The van der Waals surface area contributed by atoms with Gasteiger partial charge in [-0.15, -0.1) is 0 Å². The van der Waals surface area contributed by atoms with Gasteiger partial charge in [0.1, 0.15) is 35.8 Å². The highest BCUT2D eigenvalue weighted by Gasteiger charge is 2.38. The number of Topliss-reactive ketones (excluding diaryl/α,β-unsaturated/α-hetero) is 2. The van der Waals surface area contributed by atoms with Gasteiger partial charge in [0.05, 0.1) is 24.7 Å². The number of fused-ring (bicyclic) bond motifs is 2. The molecule has 2 bridgehead atoms. The van der Waals surface area contributed by atoms with Gasteiger partial charge in [0, 0.05) is 50.8 Å². The lowest BCUT2D eigenvalue weighted by Gasteiger charge is -2.36. The number of allylic oxidation sites excluding steroid dienone is 4. The van der Waals surface area contributed by atoms with Gasteiger partial charge in [-0.2, -0.15) is 0 Å². The van der Waals surface area contributed by atoms with Crippen molar-refractivity contribution in [3.8, 4) is 5.75 Å². The van der Waals surface area contributed by atoms with Crippen LogP contribution in [0.15, 0.2) is 72.4 Å². The van der Waals surface area contributed by atoms with Crippen LogP contribution >= 0.6 is 0 Å². The number of carbonyl (C=O) groups is 7. The van der Waals surface area contributed by atoms with Gasteiger partial charge in [-0.25, -0.2) is 5.43 Å². The summed E-state index contributed by atoms with van der Waals surface area (Å²) in [4.78, 5) is 94.4. The Balaban J connectivity index is 1.70. The van der Waals surface area contributed by atoms with E-state index in [1.807, 2.05) is 0 Å². The minimum absolute atomic E-state index is 0.000714. The number of hydrazine groups is 1. The summed E-state index contributed by atoms with van der Waals surface area (Å²) >= 11 is 0. The topological polar surface area (TPSA) is 232 Å². The van der Waals surface area contributed by atoms with Crippen molar-refractivity contribution in [2.75, 3.05) is 19.6 Å². The van der Waals surface area contributed by atoms with Crippen LogP contribution < -0.4 is 16.1 Å². The number of ether oxygens (including phenoxy) is 1. The quantitative estimate of drug-likeness (QED) is 0.120. The summed E-state index contributed by atoms with van der Waals surface area (Å²) in [6.07, 6.45) is 9.19. The highest BCUT2D eigenvalue weighted by atomic mass is 16.5. The number of likely N-dealkylation sites (tertiary alicyclic amines) is 1. The first-order chi connectivity index (χ1) is 29.4. The Morgan fingerprint density at radius 2 is 1.76 bits per heavy atom. The Hall–Kier alpha value is -5.45. The van der Waals surface area contributed by atoms with Gasteiger partial charge in [-0.1, -0.05) is 69.4 Å². The second-order valence-electron chi connectivity index (χ2n) is 16.8. The zero-order valence-corrected chi connectivity index (χ0v) is 36.3. The fraction of sp³-hybridized carbons (Fsp3) is 0.543. The number of hydrogen-bond donors (Lipinski definition) is 6. The molecular weight excluding hydrogens is 799 g/mol. The molecule has 3 aliphatic rings. The highest BCUT2D eigenvalue weighted by Crippen LogP contribution is 2.24. The summed E-state index contributed by atoms with van der Waals surface area (Å²) in [5.41, 5.74) is 4.10. The maximum atomic E-state index is 14.4. The van der Waals surface area contributed by atoms with E-state index in [9.17, 15) is 48.9 Å². The molecule has 2 saturated heterocycles. The van der Waals surface area contributed by atoms with E-state index in [1.54, 1.807) is 64.1 Å². The van der Waals surface area contributed by atoms with Crippen molar-refractivity contribution in [2.24, 2.45) is 17.8 Å². The number of phenolic OH excluding ortho intramolecular Hbond substituents is 1. The molecule has 1 aromatic rings. The average Bonchev–Trinajstić information content (AvgIpc) is 3.23. The number of aliphatic hydroxyl groups excluding tert-OH is 2. The van der Waals surface area contributed by atoms with Crippen molar-refractivity contribution >= 4 is 41.2 Å². The van der Waals surface area contributed by atoms with Crippen molar-refractivity contribution in [1.82, 2.24) is 26.0 Å². The van der Waals surface area contributed by atoms with Crippen LogP contribution in [0.4, 0.5) is 0 Å². The maximum absolute atomic E-state index is 14.4. The van der Waals surface area contributed by atoms with Gasteiger partial charge in [0.15, 0.2) is 5.78 Å². The van der Waals surface area contributed by atoms with Crippen LogP contribution in [0.3, 0.4) is 0 Å². The molecule has 3 aliphatic heterocycles. The maximum Gasteiger partial charge on any atom is 0.325 e. The summed E-state index contributed by atoms with van der Waals surface area (Å²) in [7, 11) is 0. The van der Waals surface area contributed by atoms with Crippen LogP contribution in [-0.2, 0) is 44.7 Å². The molecule has 2 fully saturated rings. The Labute approximate surface area is 363 Å². The molecule has 3 heterocycles. The third-order valence-electron chi connectivity index (χ3n) is 11.4. The molecule has 1 aromatic carbocycles. The largest absolute Gasteiger partial charge is 0.508 e. The van der Waals surface area contributed by atoms with Crippen molar-refractivity contribution in [1.29, 1.82) is 0 Å². The van der Waals surface area contributed by atoms with Gasteiger partial charge >= 0.3 is 5.97 Å². The number of piperidine rings is 1. The van der Waals surface area contributed by atoms with Gasteiger partial charge in [0.2, 0.25) is 17.7 Å². The molecule has 4 amide bonds. The summed E-state index contributed by atoms with van der Waals surface area (Å²) in [6, 6.07) is 2.84. The molecule has 1 unspecified atom stereocenters. The van der Waals surface area contributed by atoms with Crippen LogP contribution in [0.2, 0.25) is 0 Å². The number of esters is 1. The predicted octanol–water partition coefficient (Wildman–Crippen LogP) is 2.52. The molecule has 8 atom stereocenters. The number of nitrogens with one attached hydrogen (secondary N) is 3. The first kappa shape index (κ1) is 49.2. The van der Waals surface area contributed by atoms with E-state index in [0.29, 0.717) is 43.4 Å². The van der Waals surface area contributed by atoms with Crippen LogP contribution in [0.5, 0.6) is 5.75 Å². The number of carbonyl (C=O) groups excluding carboxylic acids is 7. The Kier molecular flexibility index (Phi) is 18.8. The van der Waals surface area contributed by atoms with Crippen LogP contribution in [0.25, 0.3) is 0 Å². The number of aliphatic hydroxyl groups is 2. The number of nitrogens with zero attached hydrogens (tertiary/aromatic N) is 2. The van der Waals surface area contributed by atoms with Crippen LogP contribution in [0, 0.1) is 17.8 Å². The first-order valence-electron chi connectivity index (χ1n) is 21.5. The first-order valence-corrected chi connectivity index (χ1v) is 21.5. The third kappa shape index (κ3) is 14.6. The Morgan fingerprint density at radius 3 is 2.45 bits per heavy atom. The molecule has 0 radical (unpaired) electrons. The lowest BCUT2D eigenvalue weighted by molar-refractivity contribution is -0.156. The second-order valence-corrected chi connectivity index (χ2v) is 16.8. The SMILES string of the molecule is CC(=O)CC[C@H]1C(=O)N[C@@H](C(C)C)C(=O)N[C@@H](Cc2cccc(O)c2)C(=O)N2CCCC(N2)C(=O)O[C@H](/C(C)=C/C=C/C(=O)N2CCCC(=O)C2)C/C=C/C=C/[C@H](O)[C@H](C)[C@H]1O. The standard InChI is InChI=1S/C46H63N5O11/c1-28(2)41-44(59)47-37(26-32-14-10-15-33(53)25-32)45(60)51-24-12-17-36(49-51)46(61)62-39(29(3)13-9-20-40(56)50-23-11-16-34(54)27-50)19-8-6-7-18-38(55)31(5)42(57)35(43(58)48-41)22-21-30(4)52/h6-10,13-15,18,20,25,28,31,35-39,41-42,49,53,55,57H,11-12,16-17,19,21-24,26-27H2,1-5H3,(H,47,59)(H,48,58)/b8-6+,18-7+,20-9+,29-13+/t31-,35+,36?,37-,38-,39-,41-,42+/m0/s1. The number of ketones is 2. The van der Waals surface area contributed by atoms with Crippen LogP contribution in [0.1, 0.15) is 85.1 Å². The fourth-order valence-corrected chi connectivity index (χ4v) is 7.57. The molecule has 338 valence electrons. The molecule has 0 spiro atoms. The number of amides is 4. The lowest BCUT2D eigenvalue weighted by Crippen LogP contribution is -2.62. The van der Waals surface area contributed by atoms with E-state index < -0.39 is 77.9 Å². The second kappa shape index (κ2) is 23.7. The van der Waals surface area contributed by atoms with Crippen molar-refractivity contribution in [3.05, 3.63) is 77.9 Å². The van der Waals surface area contributed by atoms with E-state index >= 15 is 0 Å². The number of rotatable bonds is 9. The summed E-state index contributed by atoms with van der Waals surface area (Å²) in [6.45, 7) is 8.79. The van der Waals surface area contributed by atoms with E-state index in [1.165, 1.54) is 47.2 Å². The molecule has 4 rings (SSSR count). The number of aromatic hydroxyl groups is 1. The van der Waals surface area contributed by atoms with E-state index in [0.717, 1.165) is 0 Å². The van der Waals surface area contributed by atoms with Gasteiger partial charge < -0.3 is 40.4 Å². The smallest absolute Gasteiger partial charge is 0.325 e. The predicted molar refractivity (Wildman–Crippen MR) is 229 cm³/mol. The molecule has 0 aromatic heterocycles. The zero-order chi connectivity index (χ0) is 45.5. The summed E-state index contributed by atoms with van der Waals surface area (Å²) in [5, 5.41) is 39.6. The number of cyclic esters (lactones) is 1. The van der Waals surface area contributed by atoms with Gasteiger partial charge in [-0.05, 0) is 68.7 Å². The van der Waals surface area contributed by atoms with Gasteiger partial charge in [-0.3, -0.25) is 33.8 Å². The summed E-state index contributed by atoms with van der Waals surface area (Å²) < 4.78 is 6.04. The number of phenols is 1. The zero-order valence-electron chi connectivity index (χ0n) is 36.3. The molecule has 0 aliphatic carbocycles. The van der Waals surface area contributed by atoms with Crippen LogP contribution in [-0.4, -0.2) is 122 Å². The number of benzene rings is 1. The van der Waals surface area contributed by atoms with Crippen molar-refractivity contribution in [2.45, 2.75) is 122 Å². The van der Waals surface area contributed by atoms with Gasteiger partial charge in [0.25, 0.3) is 5.91 Å². The van der Waals surface area contributed by atoms with E-state index in [4.69, 9.17) is 4.74 Å². The van der Waals surface area contributed by atoms with E-state index in [2.05, 4.69) is 16.1 Å². The minimum atomic E-state index is -1.43. The summed E-state index contributed by atoms with van der Waals surface area (Å²) in [5.74, 6) is -5.79. The fourth-order valence-electron chi connectivity index (χ4n) is 7.57. The molecule has 0 saturated carbocycles. The monoisotopic (exact) mass is 861 g/mol. The Morgan fingerprint density at radius 1 is 1.00 bits per heavy atom. The van der Waals surface area contributed by atoms with E-state index in [-0.39, 0.29) is 62.0 Å². The third-order valence-corrected chi connectivity index (χ3v) is 11.4. The minimum Gasteiger partial charge on any atom is -0.508 e. The van der Waals surface area contributed by atoms with Crippen molar-refractivity contribution < 1.29 is 53.6 Å². The molecule has 16 nitrogen and oxygen atoms in total.